The fraction of sp³-hybridized carbons (Fsp3) is 0.467. The topological polar surface area (TPSA) is 32.3 Å². The van der Waals surface area contributed by atoms with Crippen molar-refractivity contribution >= 4 is 11.5 Å². The molecule has 2 heterocycles. The summed E-state index contributed by atoms with van der Waals surface area (Å²) in [6.45, 7) is 10.9. The summed E-state index contributed by atoms with van der Waals surface area (Å²) in [4.78, 5) is 14.0. The minimum Gasteiger partial charge on any atom is -0.372 e. The number of anilines is 2. The third kappa shape index (κ3) is 4.68. The van der Waals surface area contributed by atoms with Crippen molar-refractivity contribution in [2.24, 2.45) is 5.41 Å². The van der Waals surface area contributed by atoms with Gasteiger partial charge >= 0.3 is 0 Å². The van der Waals surface area contributed by atoms with Crippen molar-refractivity contribution in [3.05, 3.63) is 71.7 Å². The van der Waals surface area contributed by atoms with Crippen LogP contribution in [0.1, 0.15) is 56.4 Å². The molecule has 0 N–H and O–H groups in total. The lowest BCUT2D eigenvalue weighted by Crippen LogP contribution is -2.41. The van der Waals surface area contributed by atoms with Crippen LogP contribution in [-0.2, 0) is 12.8 Å². The van der Waals surface area contributed by atoms with Gasteiger partial charge in [-0.3, -0.25) is 4.98 Å². The molecule has 5 rings (SSSR count). The van der Waals surface area contributed by atoms with Gasteiger partial charge in [-0.15, -0.1) is 0 Å². The van der Waals surface area contributed by atoms with Gasteiger partial charge in [-0.05, 0) is 85.3 Å². The zero-order chi connectivity index (χ0) is 23.5. The second-order valence-corrected chi connectivity index (χ2v) is 10.4. The molecule has 0 radical (unpaired) electrons. The lowest BCUT2D eigenvalue weighted by molar-refractivity contribution is 0.232. The van der Waals surface area contributed by atoms with Crippen LogP contribution in [0.4, 0.5) is 11.5 Å². The Kier molecular flexibility index (Phi) is 6.58. The minimum atomic E-state index is 0.417. The Labute approximate surface area is 205 Å². The summed E-state index contributed by atoms with van der Waals surface area (Å²) in [6.07, 6.45) is 11.1. The van der Waals surface area contributed by atoms with E-state index in [4.69, 9.17) is 0 Å². The lowest BCUT2D eigenvalue weighted by Gasteiger charge is -2.39. The minimum absolute atomic E-state index is 0.417. The fourth-order valence-corrected chi connectivity index (χ4v) is 5.90. The molecular formula is C30H38N4. The summed E-state index contributed by atoms with van der Waals surface area (Å²) in [6, 6.07) is 16.4. The number of rotatable bonds is 7. The van der Waals surface area contributed by atoms with Crippen LogP contribution in [0.2, 0.25) is 0 Å². The van der Waals surface area contributed by atoms with E-state index in [-0.39, 0.29) is 0 Å². The van der Waals surface area contributed by atoms with E-state index < -0.39 is 0 Å². The molecule has 2 aliphatic rings. The molecule has 0 bridgehead atoms. The normalized spacial score (nSPS) is 16.6. The number of piperidine rings is 1. The van der Waals surface area contributed by atoms with Gasteiger partial charge in [0.2, 0.25) is 0 Å². The molecule has 4 heteroatoms. The van der Waals surface area contributed by atoms with Gasteiger partial charge in [-0.1, -0.05) is 44.2 Å². The Balaban J connectivity index is 1.27. The van der Waals surface area contributed by atoms with Gasteiger partial charge in [0, 0.05) is 31.9 Å². The standard InChI is InChI=1S/C30H38N4/c1-4-14-33(15-5-2)28-10-8-24(9-11-28)25-6-7-26-19-30(20-27(26)18-25)12-16-34(17-13-30)29-22-31-23(3)21-32-29/h6-11,18,21-22H,4-5,12-17,19-20H2,1-3H3. The lowest BCUT2D eigenvalue weighted by atomic mass is 9.76. The number of hydrogen-bond donors (Lipinski definition) is 0. The van der Waals surface area contributed by atoms with Crippen LogP contribution in [0.25, 0.3) is 11.1 Å². The van der Waals surface area contributed by atoms with Crippen molar-refractivity contribution in [1.29, 1.82) is 0 Å². The summed E-state index contributed by atoms with van der Waals surface area (Å²) in [5, 5.41) is 0. The largest absolute Gasteiger partial charge is 0.372 e. The highest BCUT2D eigenvalue weighted by Gasteiger charge is 2.40. The van der Waals surface area contributed by atoms with Gasteiger partial charge in [0.05, 0.1) is 18.1 Å². The molecular weight excluding hydrogens is 416 g/mol. The van der Waals surface area contributed by atoms with Gasteiger partial charge in [0.25, 0.3) is 0 Å². The number of hydrogen-bond acceptors (Lipinski definition) is 4. The highest BCUT2D eigenvalue weighted by molar-refractivity contribution is 5.68. The molecule has 0 atom stereocenters. The van der Waals surface area contributed by atoms with Gasteiger partial charge in [0.1, 0.15) is 5.82 Å². The molecule has 1 aromatic heterocycles. The van der Waals surface area contributed by atoms with Crippen LogP contribution in [0.3, 0.4) is 0 Å². The predicted molar refractivity (Wildman–Crippen MR) is 143 cm³/mol. The van der Waals surface area contributed by atoms with Crippen molar-refractivity contribution in [3.63, 3.8) is 0 Å². The fourth-order valence-electron chi connectivity index (χ4n) is 5.90. The molecule has 3 aromatic rings. The average Bonchev–Trinajstić information content (AvgIpc) is 3.22. The van der Waals surface area contributed by atoms with Gasteiger partial charge in [-0.25, -0.2) is 4.98 Å². The molecule has 1 aliphatic heterocycles. The quantitative estimate of drug-likeness (QED) is 0.410. The number of aryl methyl sites for hydroxylation is 1. The summed E-state index contributed by atoms with van der Waals surface area (Å²) in [5.41, 5.74) is 8.54. The molecule has 34 heavy (non-hydrogen) atoms. The second-order valence-electron chi connectivity index (χ2n) is 10.4. The van der Waals surface area contributed by atoms with E-state index >= 15 is 0 Å². The van der Waals surface area contributed by atoms with Crippen LogP contribution in [0.5, 0.6) is 0 Å². The maximum atomic E-state index is 4.60. The van der Waals surface area contributed by atoms with Crippen molar-refractivity contribution in [2.75, 3.05) is 36.0 Å². The first-order valence-corrected chi connectivity index (χ1v) is 13.1. The molecule has 2 aromatic carbocycles. The van der Waals surface area contributed by atoms with E-state index in [0.29, 0.717) is 5.41 Å². The SMILES string of the molecule is CCCN(CCC)c1ccc(-c2ccc3c(c2)CC2(CCN(c4cnc(C)cn4)CC2)C3)cc1. The third-order valence-corrected chi connectivity index (χ3v) is 7.81. The van der Waals surface area contributed by atoms with Crippen LogP contribution in [0.15, 0.2) is 54.9 Å². The van der Waals surface area contributed by atoms with Gasteiger partial charge < -0.3 is 9.80 Å². The third-order valence-electron chi connectivity index (χ3n) is 7.81. The molecule has 1 fully saturated rings. The Morgan fingerprint density at radius 3 is 2.15 bits per heavy atom. The summed E-state index contributed by atoms with van der Waals surface area (Å²) < 4.78 is 0. The van der Waals surface area contributed by atoms with Crippen molar-refractivity contribution in [1.82, 2.24) is 9.97 Å². The molecule has 1 spiro atoms. The average molecular weight is 455 g/mol. The van der Waals surface area contributed by atoms with E-state index in [1.54, 1.807) is 11.1 Å². The van der Waals surface area contributed by atoms with E-state index in [0.717, 1.165) is 37.7 Å². The summed E-state index contributed by atoms with van der Waals surface area (Å²) >= 11 is 0. The van der Waals surface area contributed by atoms with Gasteiger partial charge in [0.15, 0.2) is 0 Å². The van der Waals surface area contributed by atoms with Crippen molar-refractivity contribution in [2.45, 2.75) is 59.3 Å². The van der Waals surface area contributed by atoms with Crippen LogP contribution < -0.4 is 9.80 Å². The number of benzene rings is 2. The Hall–Kier alpha value is -2.88. The molecule has 1 aliphatic carbocycles. The van der Waals surface area contributed by atoms with E-state index in [1.165, 1.54) is 55.3 Å². The van der Waals surface area contributed by atoms with Crippen LogP contribution >= 0.6 is 0 Å². The summed E-state index contributed by atoms with van der Waals surface area (Å²) in [5.74, 6) is 1.03. The first kappa shape index (κ1) is 22.9. The molecule has 4 nitrogen and oxygen atoms in total. The van der Waals surface area contributed by atoms with Crippen molar-refractivity contribution < 1.29 is 0 Å². The van der Waals surface area contributed by atoms with E-state index in [1.807, 2.05) is 19.3 Å². The Morgan fingerprint density at radius 2 is 1.50 bits per heavy atom. The highest BCUT2D eigenvalue weighted by Crippen LogP contribution is 2.46. The first-order valence-electron chi connectivity index (χ1n) is 13.1. The molecule has 178 valence electrons. The van der Waals surface area contributed by atoms with E-state index in [2.05, 4.69) is 76.1 Å². The Morgan fingerprint density at radius 1 is 0.824 bits per heavy atom. The molecule has 0 saturated carbocycles. The monoisotopic (exact) mass is 454 g/mol. The smallest absolute Gasteiger partial charge is 0.147 e. The number of aromatic nitrogens is 2. The summed E-state index contributed by atoms with van der Waals surface area (Å²) in [7, 11) is 0. The van der Waals surface area contributed by atoms with Gasteiger partial charge in [-0.2, -0.15) is 0 Å². The van der Waals surface area contributed by atoms with Crippen LogP contribution in [0, 0.1) is 12.3 Å². The number of nitrogens with zero attached hydrogens (tertiary/aromatic N) is 4. The maximum absolute atomic E-state index is 4.60. The molecule has 0 unspecified atom stereocenters. The Bertz CT molecular complexity index is 1090. The van der Waals surface area contributed by atoms with Crippen molar-refractivity contribution in [3.8, 4) is 11.1 Å². The second kappa shape index (κ2) is 9.77. The van der Waals surface area contributed by atoms with E-state index in [9.17, 15) is 0 Å². The highest BCUT2D eigenvalue weighted by atomic mass is 15.2. The molecule has 1 saturated heterocycles. The maximum Gasteiger partial charge on any atom is 0.147 e. The first-order chi connectivity index (χ1) is 16.6. The zero-order valence-electron chi connectivity index (χ0n) is 21.1. The molecule has 0 amide bonds. The zero-order valence-corrected chi connectivity index (χ0v) is 21.1. The van der Waals surface area contributed by atoms with Crippen LogP contribution in [-0.4, -0.2) is 36.1 Å². The number of fused-ring (bicyclic) bond motifs is 1. The predicted octanol–water partition coefficient (Wildman–Crippen LogP) is 6.46.